The molecule has 0 atom stereocenters. The van der Waals surface area contributed by atoms with Crippen molar-refractivity contribution in [3.05, 3.63) is 16.4 Å². The molecule has 0 aliphatic heterocycles. The van der Waals surface area contributed by atoms with Gasteiger partial charge in [-0.3, -0.25) is 0 Å². The van der Waals surface area contributed by atoms with E-state index in [-0.39, 0.29) is 0 Å². The highest BCUT2D eigenvalue weighted by Crippen LogP contribution is 2.38. The van der Waals surface area contributed by atoms with Crippen molar-refractivity contribution in [1.29, 1.82) is 0 Å². The van der Waals surface area contributed by atoms with Crippen molar-refractivity contribution in [3.63, 3.8) is 0 Å². The van der Waals surface area contributed by atoms with Gasteiger partial charge in [0.15, 0.2) is 16.1 Å². The van der Waals surface area contributed by atoms with Gasteiger partial charge in [0.1, 0.15) is 0 Å². The standard InChI is InChI=1S/C7H2Cl2F6N2O/c8-3-1-2(4(9)17-16-3)18-5(6(10,11)12)7(13,14)15/h1,5H. The Morgan fingerprint density at radius 2 is 1.50 bits per heavy atom. The Bertz CT molecular complexity index is 421. The van der Waals surface area contributed by atoms with E-state index in [0.29, 0.717) is 6.07 Å². The zero-order valence-electron chi connectivity index (χ0n) is 7.98. The SMILES string of the molecule is FC(F)(F)C(Oc1cc(Cl)nnc1Cl)C(F)(F)F. The second kappa shape index (κ2) is 4.96. The number of hydrogen-bond acceptors (Lipinski definition) is 3. The molecule has 0 spiro atoms. The largest absolute Gasteiger partial charge is 0.468 e. The van der Waals surface area contributed by atoms with E-state index in [1.54, 1.807) is 0 Å². The average molecular weight is 315 g/mol. The van der Waals surface area contributed by atoms with Crippen LogP contribution in [0.15, 0.2) is 6.07 Å². The van der Waals surface area contributed by atoms with Crippen LogP contribution in [-0.2, 0) is 0 Å². The van der Waals surface area contributed by atoms with Crippen molar-refractivity contribution in [2.45, 2.75) is 18.5 Å². The van der Waals surface area contributed by atoms with Gasteiger partial charge in [0.05, 0.1) is 0 Å². The van der Waals surface area contributed by atoms with Gasteiger partial charge in [-0.05, 0) is 0 Å². The lowest BCUT2D eigenvalue weighted by Crippen LogP contribution is -2.46. The molecule has 102 valence electrons. The molecular weight excluding hydrogens is 313 g/mol. The van der Waals surface area contributed by atoms with Crippen LogP contribution in [0.4, 0.5) is 26.3 Å². The van der Waals surface area contributed by atoms with Crippen LogP contribution in [-0.4, -0.2) is 28.7 Å². The molecule has 0 fully saturated rings. The Kier molecular flexibility index (Phi) is 4.16. The maximum atomic E-state index is 12.2. The maximum Gasteiger partial charge on any atom is 0.434 e. The molecule has 0 radical (unpaired) electrons. The monoisotopic (exact) mass is 314 g/mol. The van der Waals surface area contributed by atoms with Crippen molar-refractivity contribution in [3.8, 4) is 5.75 Å². The highest BCUT2D eigenvalue weighted by Gasteiger charge is 2.59. The molecule has 0 unspecified atom stereocenters. The molecule has 0 aromatic carbocycles. The van der Waals surface area contributed by atoms with Crippen molar-refractivity contribution in [2.24, 2.45) is 0 Å². The smallest absolute Gasteiger partial charge is 0.434 e. The third kappa shape index (κ3) is 3.77. The average Bonchev–Trinajstić information content (AvgIpc) is 2.15. The topological polar surface area (TPSA) is 35.0 Å². The summed E-state index contributed by atoms with van der Waals surface area (Å²) >= 11 is 10.5. The van der Waals surface area contributed by atoms with E-state index in [0.717, 1.165) is 0 Å². The number of aromatic nitrogens is 2. The van der Waals surface area contributed by atoms with Gasteiger partial charge >= 0.3 is 12.4 Å². The summed E-state index contributed by atoms with van der Waals surface area (Å²) in [5.41, 5.74) is 0. The lowest BCUT2D eigenvalue weighted by Gasteiger charge is -2.23. The van der Waals surface area contributed by atoms with Gasteiger partial charge in [0, 0.05) is 6.07 Å². The summed E-state index contributed by atoms with van der Waals surface area (Å²) < 4.78 is 76.8. The van der Waals surface area contributed by atoms with Gasteiger partial charge in [0.2, 0.25) is 0 Å². The summed E-state index contributed by atoms with van der Waals surface area (Å²) in [6, 6.07) is 0.599. The van der Waals surface area contributed by atoms with E-state index in [1.807, 2.05) is 0 Å². The Balaban J connectivity index is 3.08. The molecule has 0 saturated heterocycles. The van der Waals surface area contributed by atoms with Crippen molar-refractivity contribution in [1.82, 2.24) is 10.2 Å². The third-order valence-corrected chi connectivity index (χ3v) is 1.97. The van der Waals surface area contributed by atoms with Crippen molar-refractivity contribution in [2.75, 3.05) is 0 Å². The normalized spacial score (nSPS) is 12.9. The fourth-order valence-electron chi connectivity index (χ4n) is 0.866. The number of rotatable bonds is 2. The summed E-state index contributed by atoms with van der Waals surface area (Å²) in [4.78, 5) is 0. The Morgan fingerprint density at radius 1 is 1.00 bits per heavy atom. The molecule has 0 N–H and O–H groups in total. The maximum absolute atomic E-state index is 12.2. The molecule has 1 rings (SSSR count). The Hall–Kier alpha value is -0.960. The van der Waals surface area contributed by atoms with E-state index < -0.39 is 34.5 Å². The molecule has 1 aromatic rings. The summed E-state index contributed by atoms with van der Waals surface area (Å²) in [7, 11) is 0. The Morgan fingerprint density at radius 3 is 1.94 bits per heavy atom. The summed E-state index contributed by atoms with van der Waals surface area (Å²) in [6.45, 7) is 0. The van der Waals surface area contributed by atoms with E-state index in [9.17, 15) is 26.3 Å². The molecular formula is C7H2Cl2F6N2O. The predicted octanol–water partition coefficient (Wildman–Crippen LogP) is 3.66. The number of halogens is 8. The minimum atomic E-state index is -5.66. The van der Waals surface area contributed by atoms with Crippen molar-refractivity contribution < 1.29 is 31.1 Å². The van der Waals surface area contributed by atoms with Crippen LogP contribution in [0.2, 0.25) is 10.3 Å². The van der Waals surface area contributed by atoms with Crippen LogP contribution < -0.4 is 4.74 Å². The molecule has 0 bridgehead atoms. The molecule has 0 aliphatic carbocycles. The van der Waals surface area contributed by atoms with E-state index >= 15 is 0 Å². The van der Waals surface area contributed by atoms with Gasteiger partial charge in [-0.15, -0.1) is 10.2 Å². The first-order valence-corrected chi connectivity index (χ1v) is 4.76. The van der Waals surface area contributed by atoms with Gasteiger partial charge in [-0.2, -0.15) is 26.3 Å². The zero-order chi connectivity index (χ0) is 14.1. The van der Waals surface area contributed by atoms with Gasteiger partial charge in [-0.1, -0.05) is 23.2 Å². The number of ether oxygens (including phenoxy) is 1. The molecule has 1 heterocycles. The van der Waals surface area contributed by atoms with Gasteiger partial charge < -0.3 is 4.74 Å². The van der Waals surface area contributed by atoms with E-state index in [1.165, 1.54) is 0 Å². The zero-order valence-corrected chi connectivity index (χ0v) is 9.49. The number of alkyl halides is 6. The quantitative estimate of drug-likeness (QED) is 0.781. The first-order chi connectivity index (χ1) is 8.01. The number of hydrogen-bond donors (Lipinski definition) is 0. The summed E-state index contributed by atoms with van der Waals surface area (Å²) in [6.07, 6.45) is -15.3. The molecule has 18 heavy (non-hydrogen) atoms. The predicted molar refractivity (Wildman–Crippen MR) is 48.6 cm³/mol. The van der Waals surface area contributed by atoms with Gasteiger partial charge in [0.25, 0.3) is 6.10 Å². The lowest BCUT2D eigenvalue weighted by atomic mass is 10.3. The first kappa shape index (κ1) is 15.1. The van der Waals surface area contributed by atoms with Crippen LogP contribution in [0.1, 0.15) is 0 Å². The second-order valence-electron chi connectivity index (χ2n) is 2.90. The second-order valence-corrected chi connectivity index (χ2v) is 3.65. The highest BCUT2D eigenvalue weighted by atomic mass is 35.5. The minimum Gasteiger partial charge on any atom is -0.468 e. The Labute approximate surface area is 106 Å². The van der Waals surface area contributed by atoms with Crippen LogP contribution in [0.25, 0.3) is 0 Å². The molecule has 0 aliphatic rings. The molecule has 1 aromatic heterocycles. The molecule has 11 heteroatoms. The van der Waals surface area contributed by atoms with Crippen LogP contribution >= 0.6 is 23.2 Å². The summed E-state index contributed by atoms with van der Waals surface area (Å²) in [5.74, 6) is -0.962. The van der Waals surface area contributed by atoms with E-state index in [4.69, 9.17) is 23.2 Å². The van der Waals surface area contributed by atoms with E-state index in [2.05, 4.69) is 14.9 Å². The lowest BCUT2D eigenvalue weighted by molar-refractivity contribution is -0.299. The fourth-order valence-corrected chi connectivity index (χ4v) is 1.14. The van der Waals surface area contributed by atoms with Crippen LogP contribution in [0.5, 0.6) is 5.75 Å². The third-order valence-electron chi connectivity index (χ3n) is 1.53. The first-order valence-electron chi connectivity index (χ1n) is 4.00. The van der Waals surface area contributed by atoms with Gasteiger partial charge in [-0.25, -0.2) is 0 Å². The molecule has 0 saturated carbocycles. The molecule has 3 nitrogen and oxygen atoms in total. The van der Waals surface area contributed by atoms with Crippen molar-refractivity contribution >= 4 is 23.2 Å². The number of nitrogens with zero attached hydrogens (tertiary/aromatic N) is 2. The summed E-state index contributed by atoms with van der Waals surface area (Å²) in [5, 5.41) is 4.91. The highest BCUT2D eigenvalue weighted by molar-refractivity contribution is 6.32. The minimum absolute atomic E-state index is 0.461. The van der Waals surface area contributed by atoms with Crippen LogP contribution in [0, 0.1) is 0 Å². The van der Waals surface area contributed by atoms with Crippen LogP contribution in [0.3, 0.4) is 0 Å². The fraction of sp³-hybridized carbons (Fsp3) is 0.429. The molecule has 0 amide bonds.